The molecule has 0 N–H and O–H groups in total. The van der Waals surface area contributed by atoms with Crippen LogP contribution in [0.15, 0.2) is 24.3 Å². The zero-order valence-electron chi connectivity index (χ0n) is 13.0. The molecule has 0 saturated carbocycles. The van der Waals surface area contributed by atoms with Gasteiger partial charge in [0.15, 0.2) is 5.69 Å². The number of ether oxygens (including phenoxy) is 1. The summed E-state index contributed by atoms with van der Waals surface area (Å²) in [4.78, 5) is 12.0. The molecule has 0 saturated heterocycles. The van der Waals surface area contributed by atoms with E-state index < -0.39 is 5.97 Å². The van der Waals surface area contributed by atoms with Crippen molar-refractivity contribution in [2.45, 2.75) is 34.2 Å². The van der Waals surface area contributed by atoms with Gasteiger partial charge in [0, 0.05) is 0 Å². The smallest absolute Gasteiger partial charge is 0.360 e. The van der Waals surface area contributed by atoms with E-state index in [0.717, 1.165) is 11.3 Å². The number of hydrogen-bond donors (Lipinski definition) is 0. The monoisotopic (exact) mass is 287 g/mol. The van der Waals surface area contributed by atoms with Crippen molar-refractivity contribution in [2.75, 3.05) is 6.61 Å². The van der Waals surface area contributed by atoms with Crippen LogP contribution in [0.1, 0.15) is 41.2 Å². The van der Waals surface area contributed by atoms with E-state index in [0.29, 0.717) is 24.8 Å². The van der Waals surface area contributed by atoms with Crippen LogP contribution in [-0.4, -0.2) is 27.6 Å². The Labute approximate surface area is 124 Å². The van der Waals surface area contributed by atoms with Crippen LogP contribution in [-0.2, 0) is 11.3 Å². The molecule has 0 aliphatic rings. The molecule has 0 unspecified atom stereocenters. The molecule has 5 heteroatoms. The molecule has 5 nitrogen and oxygen atoms in total. The Morgan fingerprint density at radius 1 is 1.29 bits per heavy atom. The fraction of sp³-hybridized carbons (Fsp3) is 0.438. The van der Waals surface area contributed by atoms with Crippen molar-refractivity contribution in [3.63, 3.8) is 0 Å². The summed E-state index contributed by atoms with van der Waals surface area (Å²) < 4.78 is 6.93. The topological polar surface area (TPSA) is 57.0 Å². The Kier molecular flexibility index (Phi) is 4.73. The maximum absolute atomic E-state index is 12.0. The van der Waals surface area contributed by atoms with E-state index in [-0.39, 0.29) is 0 Å². The number of hydrogen-bond acceptors (Lipinski definition) is 4. The van der Waals surface area contributed by atoms with Gasteiger partial charge in [0.2, 0.25) is 0 Å². The second-order valence-corrected chi connectivity index (χ2v) is 5.60. The van der Waals surface area contributed by atoms with Crippen molar-refractivity contribution in [1.82, 2.24) is 15.0 Å². The van der Waals surface area contributed by atoms with Gasteiger partial charge in [-0.05, 0) is 30.9 Å². The summed E-state index contributed by atoms with van der Waals surface area (Å²) in [6.07, 6.45) is 0. The largest absolute Gasteiger partial charge is 0.461 e. The van der Waals surface area contributed by atoms with Crippen molar-refractivity contribution < 1.29 is 9.53 Å². The number of nitrogens with zero attached hydrogens (tertiary/aromatic N) is 3. The normalized spacial score (nSPS) is 10.9. The lowest BCUT2D eigenvalue weighted by Crippen LogP contribution is -2.12. The Morgan fingerprint density at radius 2 is 2.00 bits per heavy atom. The molecular formula is C16H21N3O2. The number of aromatic nitrogens is 3. The maximum atomic E-state index is 12.0. The van der Waals surface area contributed by atoms with Gasteiger partial charge in [-0.15, -0.1) is 5.10 Å². The van der Waals surface area contributed by atoms with Crippen molar-refractivity contribution in [3.05, 3.63) is 46.8 Å². The summed E-state index contributed by atoms with van der Waals surface area (Å²) in [7, 11) is 0. The molecule has 1 heterocycles. The van der Waals surface area contributed by atoms with Crippen molar-refractivity contribution in [1.29, 1.82) is 0 Å². The van der Waals surface area contributed by atoms with Crippen LogP contribution >= 0.6 is 0 Å². The molecule has 112 valence electrons. The summed E-state index contributed by atoms with van der Waals surface area (Å²) in [6, 6.07) is 8.10. The van der Waals surface area contributed by atoms with Gasteiger partial charge in [-0.3, -0.25) is 0 Å². The molecule has 1 aromatic carbocycles. The zero-order chi connectivity index (χ0) is 15.4. The van der Waals surface area contributed by atoms with Crippen LogP contribution in [0.25, 0.3) is 0 Å². The Morgan fingerprint density at radius 3 is 2.67 bits per heavy atom. The minimum absolute atomic E-state index is 0.296. The Bertz CT molecular complexity index is 632. The van der Waals surface area contributed by atoms with Gasteiger partial charge in [0.1, 0.15) is 0 Å². The van der Waals surface area contributed by atoms with Gasteiger partial charge < -0.3 is 4.74 Å². The molecule has 0 fully saturated rings. The lowest BCUT2D eigenvalue weighted by Gasteiger charge is -2.08. The number of benzene rings is 1. The number of esters is 1. The average Bonchev–Trinajstić information content (AvgIpc) is 2.80. The van der Waals surface area contributed by atoms with E-state index in [2.05, 4.69) is 23.3 Å². The molecule has 0 aliphatic carbocycles. The second-order valence-electron chi connectivity index (χ2n) is 5.60. The highest BCUT2D eigenvalue weighted by Crippen LogP contribution is 2.12. The fourth-order valence-electron chi connectivity index (χ4n) is 1.96. The van der Waals surface area contributed by atoms with Gasteiger partial charge in [-0.25, -0.2) is 9.48 Å². The minimum atomic E-state index is -0.405. The molecule has 0 amide bonds. The standard InChI is InChI=1S/C16H21N3O2/c1-11(2)10-21-16(20)15-13(4)19(18-17-15)9-14-8-6-5-7-12(14)3/h5-8,11H,9-10H2,1-4H3. The van der Waals surface area contributed by atoms with Crippen molar-refractivity contribution in [3.8, 4) is 0 Å². The third-order valence-corrected chi connectivity index (χ3v) is 3.31. The van der Waals surface area contributed by atoms with Gasteiger partial charge in [0.05, 0.1) is 18.8 Å². The lowest BCUT2D eigenvalue weighted by molar-refractivity contribution is 0.0451. The van der Waals surface area contributed by atoms with Crippen LogP contribution in [0.3, 0.4) is 0 Å². The van der Waals surface area contributed by atoms with E-state index in [1.807, 2.05) is 39.0 Å². The highest BCUT2D eigenvalue weighted by molar-refractivity contribution is 5.88. The summed E-state index contributed by atoms with van der Waals surface area (Å²) in [6.45, 7) is 8.87. The number of aryl methyl sites for hydroxylation is 1. The van der Waals surface area contributed by atoms with E-state index in [1.54, 1.807) is 4.68 Å². The van der Waals surface area contributed by atoms with Gasteiger partial charge >= 0.3 is 5.97 Å². The highest BCUT2D eigenvalue weighted by Gasteiger charge is 2.18. The number of carbonyl (C=O) groups excluding carboxylic acids is 1. The predicted molar refractivity (Wildman–Crippen MR) is 80.2 cm³/mol. The summed E-state index contributed by atoms with van der Waals surface area (Å²) in [5.41, 5.74) is 3.38. The summed E-state index contributed by atoms with van der Waals surface area (Å²) in [5.74, 6) is -0.103. The van der Waals surface area contributed by atoms with Crippen molar-refractivity contribution in [2.24, 2.45) is 5.92 Å². The first kappa shape index (κ1) is 15.2. The first-order chi connectivity index (χ1) is 9.99. The van der Waals surface area contributed by atoms with Gasteiger partial charge in [-0.2, -0.15) is 0 Å². The highest BCUT2D eigenvalue weighted by atomic mass is 16.5. The molecule has 0 atom stereocenters. The van der Waals surface area contributed by atoms with E-state index in [9.17, 15) is 4.79 Å². The fourth-order valence-corrected chi connectivity index (χ4v) is 1.96. The number of rotatable bonds is 5. The van der Waals surface area contributed by atoms with Gasteiger partial charge in [0.25, 0.3) is 0 Å². The first-order valence-corrected chi connectivity index (χ1v) is 7.10. The summed E-state index contributed by atoms with van der Waals surface area (Å²) in [5, 5.41) is 8.02. The second kappa shape index (κ2) is 6.52. The molecule has 0 bridgehead atoms. The maximum Gasteiger partial charge on any atom is 0.360 e. The van der Waals surface area contributed by atoms with Crippen LogP contribution in [0.2, 0.25) is 0 Å². The predicted octanol–water partition coefficient (Wildman–Crippen LogP) is 2.76. The molecule has 0 spiro atoms. The van der Waals surface area contributed by atoms with E-state index in [4.69, 9.17) is 4.74 Å². The Hall–Kier alpha value is -2.17. The molecule has 21 heavy (non-hydrogen) atoms. The van der Waals surface area contributed by atoms with Crippen LogP contribution in [0.4, 0.5) is 0 Å². The van der Waals surface area contributed by atoms with E-state index in [1.165, 1.54) is 5.56 Å². The molecule has 2 aromatic rings. The van der Waals surface area contributed by atoms with Crippen LogP contribution in [0.5, 0.6) is 0 Å². The quantitative estimate of drug-likeness (QED) is 0.793. The Balaban J connectivity index is 2.14. The minimum Gasteiger partial charge on any atom is -0.461 e. The van der Waals surface area contributed by atoms with E-state index >= 15 is 0 Å². The van der Waals surface area contributed by atoms with Gasteiger partial charge in [-0.1, -0.05) is 43.3 Å². The zero-order valence-corrected chi connectivity index (χ0v) is 13.0. The summed E-state index contributed by atoms with van der Waals surface area (Å²) >= 11 is 0. The SMILES string of the molecule is Cc1ccccc1Cn1nnc(C(=O)OCC(C)C)c1C. The third kappa shape index (κ3) is 3.68. The molecule has 0 aliphatic heterocycles. The molecule has 0 radical (unpaired) electrons. The molecular weight excluding hydrogens is 266 g/mol. The average molecular weight is 287 g/mol. The van der Waals surface area contributed by atoms with Crippen molar-refractivity contribution >= 4 is 5.97 Å². The number of carbonyl (C=O) groups is 1. The third-order valence-electron chi connectivity index (χ3n) is 3.31. The van der Waals surface area contributed by atoms with Crippen LogP contribution in [0, 0.1) is 19.8 Å². The molecule has 1 aromatic heterocycles. The first-order valence-electron chi connectivity index (χ1n) is 7.10. The molecule has 2 rings (SSSR count). The lowest BCUT2D eigenvalue weighted by atomic mass is 10.1. The van der Waals surface area contributed by atoms with Crippen LogP contribution < -0.4 is 0 Å².